The van der Waals surface area contributed by atoms with Crippen LogP contribution in [0, 0.1) is 6.92 Å². The minimum absolute atomic E-state index is 0.163. The highest BCUT2D eigenvalue weighted by Crippen LogP contribution is 2.50. The zero-order valence-electron chi connectivity index (χ0n) is 15.6. The number of nitrogens with zero attached hydrogens (tertiary/aromatic N) is 1. The Balaban J connectivity index is 1.51. The van der Waals surface area contributed by atoms with Crippen molar-refractivity contribution in [2.75, 3.05) is 6.54 Å². The van der Waals surface area contributed by atoms with Gasteiger partial charge < -0.3 is 4.90 Å². The molecule has 2 nitrogen and oxygen atoms in total. The average Bonchev–Trinajstić information content (AvgIpc) is 3.00. The second kappa shape index (κ2) is 6.38. The average molecular weight is 353 g/mol. The summed E-state index contributed by atoms with van der Waals surface area (Å²) in [5.74, 6) is 0.758. The molecule has 0 saturated carbocycles. The van der Waals surface area contributed by atoms with Crippen LogP contribution in [0.15, 0.2) is 72.8 Å². The number of amides is 1. The molecule has 0 N–H and O–H groups in total. The van der Waals surface area contributed by atoms with Crippen molar-refractivity contribution in [1.29, 1.82) is 0 Å². The molecule has 0 radical (unpaired) electrons. The number of hydrogen-bond acceptors (Lipinski definition) is 1. The molecular formula is C25H23NO. The molecular weight excluding hydrogens is 330 g/mol. The van der Waals surface area contributed by atoms with Crippen molar-refractivity contribution in [3.05, 3.63) is 95.1 Å². The zero-order chi connectivity index (χ0) is 18.4. The Labute approximate surface area is 160 Å². The molecule has 2 atom stereocenters. The molecule has 1 aliphatic carbocycles. The van der Waals surface area contributed by atoms with Crippen molar-refractivity contribution >= 4 is 5.91 Å². The van der Waals surface area contributed by atoms with E-state index < -0.39 is 0 Å². The fourth-order valence-corrected chi connectivity index (χ4v) is 4.69. The van der Waals surface area contributed by atoms with E-state index in [4.69, 9.17) is 0 Å². The first-order chi connectivity index (χ1) is 13.2. The van der Waals surface area contributed by atoms with Crippen LogP contribution in [0.1, 0.15) is 51.8 Å². The Morgan fingerprint density at radius 2 is 1.67 bits per heavy atom. The van der Waals surface area contributed by atoms with Gasteiger partial charge in [0.25, 0.3) is 5.91 Å². The van der Waals surface area contributed by atoms with Gasteiger partial charge in [0, 0.05) is 12.1 Å². The van der Waals surface area contributed by atoms with Gasteiger partial charge in [0.15, 0.2) is 0 Å². The van der Waals surface area contributed by atoms with Crippen LogP contribution < -0.4 is 0 Å². The SMILES string of the molecule is Cc1ccc(C(=O)N2CC[C@@H]3C[C@H]2c2cc(-c4ccccc4)ccc23)cc1. The minimum Gasteiger partial charge on any atom is -0.332 e. The van der Waals surface area contributed by atoms with Crippen molar-refractivity contribution in [3.8, 4) is 11.1 Å². The molecule has 3 aromatic carbocycles. The largest absolute Gasteiger partial charge is 0.332 e. The fraction of sp³-hybridized carbons (Fsp3) is 0.240. The highest BCUT2D eigenvalue weighted by atomic mass is 16.2. The predicted molar refractivity (Wildman–Crippen MR) is 109 cm³/mol. The molecule has 0 spiro atoms. The summed E-state index contributed by atoms with van der Waals surface area (Å²) in [6.45, 7) is 2.90. The van der Waals surface area contributed by atoms with Gasteiger partial charge in [0.2, 0.25) is 0 Å². The second-order valence-corrected chi connectivity index (χ2v) is 7.81. The normalized spacial score (nSPS) is 20.4. The highest BCUT2D eigenvalue weighted by molar-refractivity contribution is 5.94. The van der Waals surface area contributed by atoms with Crippen molar-refractivity contribution in [3.63, 3.8) is 0 Å². The maximum Gasteiger partial charge on any atom is 0.254 e. The van der Waals surface area contributed by atoms with E-state index in [0.29, 0.717) is 5.92 Å². The topological polar surface area (TPSA) is 20.3 Å². The summed E-state index contributed by atoms with van der Waals surface area (Å²) in [6, 6.07) is 25.5. The molecule has 1 aliphatic heterocycles. The summed E-state index contributed by atoms with van der Waals surface area (Å²) < 4.78 is 0. The first-order valence-corrected chi connectivity index (χ1v) is 9.77. The number of carbonyl (C=O) groups is 1. The van der Waals surface area contributed by atoms with Crippen LogP contribution in [0.2, 0.25) is 0 Å². The lowest BCUT2D eigenvalue weighted by Crippen LogP contribution is -2.37. The van der Waals surface area contributed by atoms with Crippen molar-refractivity contribution < 1.29 is 4.79 Å². The van der Waals surface area contributed by atoms with E-state index in [1.54, 1.807) is 0 Å². The number of benzene rings is 3. The fourth-order valence-electron chi connectivity index (χ4n) is 4.69. The standard InChI is InChI=1S/C25H23NO/c1-17-7-9-19(10-8-17)25(27)26-14-13-21-16-24(26)23-15-20(11-12-22(21)23)18-5-3-2-4-6-18/h2-12,15,21,24H,13-14,16H2,1H3/t21-,24+/m1/s1. The van der Waals surface area contributed by atoms with Crippen LogP contribution in [0.5, 0.6) is 0 Å². The smallest absolute Gasteiger partial charge is 0.254 e. The third-order valence-electron chi connectivity index (χ3n) is 6.15. The quantitative estimate of drug-likeness (QED) is 0.575. The van der Waals surface area contributed by atoms with E-state index in [-0.39, 0.29) is 11.9 Å². The van der Waals surface area contributed by atoms with E-state index in [0.717, 1.165) is 24.9 Å². The van der Waals surface area contributed by atoms with Crippen LogP contribution in [-0.2, 0) is 0 Å². The maximum atomic E-state index is 13.2. The van der Waals surface area contributed by atoms with Crippen LogP contribution in [0.4, 0.5) is 0 Å². The first-order valence-electron chi connectivity index (χ1n) is 9.77. The van der Waals surface area contributed by atoms with E-state index in [9.17, 15) is 4.79 Å². The Morgan fingerprint density at radius 1 is 0.889 bits per heavy atom. The Morgan fingerprint density at radius 3 is 2.44 bits per heavy atom. The number of rotatable bonds is 2. The lowest BCUT2D eigenvalue weighted by molar-refractivity contribution is 0.0620. The Hall–Kier alpha value is -2.87. The van der Waals surface area contributed by atoms with Crippen molar-refractivity contribution in [2.24, 2.45) is 0 Å². The van der Waals surface area contributed by atoms with E-state index in [1.165, 1.54) is 27.8 Å². The van der Waals surface area contributed by atoms with Gasteiger partial charge in [0.05, 0.1) is 6.04 Å². The summed E-state index contributed by atoms with van der Waals surface area (Å²) in [4.78, 5) is 15.3. The molecule has 1 amide bonds. The van der Waals surface area contributed by atoms with Gasteiger partial charge in [-0.3, -0.25) is 4.79 Å². The molecule has 27 heavy (non-hydrogen) atoms. The molecule has 1 fully saturated rings. The molecule has 2 heteroatoms. The molecule has 2 bridgehead atoms. The number of likely N-dealkylation sites (tertiary alicyclic amines) is 1. The predicted octanol–water partition coefficient (Wildman–Crippen LogP) is 5.74. The molecule has 0 aromatic heterocycles. The molecule has 134 valence electrons. The summed E-state index contributed by atoms with van der Waals surface area (Å²) in [6.07, 6.45) is 2.12. The van der Waals surface area contributed by atoms with Gasteiger partial charge in [-0.15, -0.1) is 0 Å². The number of carbonyl (C=O) groups excluding carboxylic acids is 1. The summed E-state index contributed by atoms with van der Waals surface area (Å²) >= 11 is 0. The number of aryl methyl sites for hydroxylation is 1. The van der Waals surface area contributed by atoms with Gasteiger partial charge >= 0.3 is 0 Å². The lowest BCUT2D eigenvalue weighted by atomic mass is 9.94. The van der Waals surface area contributed by atoms with Gasteiger partial charge in [-0.1, -0.05) is 60.2 Å². The first kappa shape index (κ1) is 16.3. The van der Waals surface area contributed by atoms with E-state index in [1.807, 2.05) is 30.3 Å². The number of fused-ring (bicyclic) bond motifs is 5. The molecule has 2 aliphatic rings. The van der Waals surface area contributed by atoms with Gasteiger partial charge in [-0.05, 0) is 66.1 Å². The number of piperidine rings is 1. The minimum atomic E-state index is 0.163. The van der Waals surface area contributed by atoms with Crippen LogP contribution in [-0.4, -0.2) is 17.4 Å². The molecule has 1 saturated heterocycles. The third-order valence-corrected chi connectivity index (χ3v) is 6.15. The van der Waals surface area contributed by atoms with Gasteiger partial charge in [-0.2, -0.15) is 0 Å². The molecule has 0 unspecified atom stereocenters. The van der Waals surface area contributed by atoms with E-state index in [2.05, 4.69) is 54.3 Å². The lowest BCUT2D eigenvalue weighted by Gasteiger charge is -2.34. The Kier molecular flexibility index (Phi) is 3.86. The molecule has 1 heterocycles. The van der Waals surface area contributed by atoms with Crippen LogP contribution >= 0.6 is 0 Å². The van der Waals surface area contributed by atoms with Crippen molar-refractivity contribution in [1.82, 2.24) is 4.90 Å². The summed E-state index contributed by atoms with van der Waals surface area (Å²) in [5.41, 5.74) is 7.25. The third kappa shape index (κ3) is 2.76. The van der Waals surface area contributed by atoms with E-state index >= 15 is 0 Å². The maximum absolute atomic E-state index is 13.2. The Bertz CT molecular complexity index is 991. The monoisotopic (exact) mass is 353 g/mol. The number of hydrogen-bond donors (Lipinski definition) is 0. The van der Waals surface area contributed by atoms with Gasteiger partial charge in [0.1, 0.15) is 0 Å². The summed E-state index contributed by atoms with van der Waals surface area (Å²) in [5, 5.41) is 0. The highest BCUT2D eigenvalue weighted by Gasteiger charge is 2.41. The van der Waals surface area contributed by atoms with Crippen molar-refractivity contribution in [2.45, 2.75) is 31.7 Å². The summed E-state index contributed by atoms with van der Waals surface area (Å²) in [7, 11) is 0. The zero-order valence-corrected chi connectivity index (χ0v) is 15.6. The van der Waals surface area contributed by atoms with Gasteiger partial charge in [-0.25, -0.2) is 0 Å². The molecule has 3 aromatic rings. The molecule has 5 rings (SSSR count). The van der Waals surface area contributed by atoms with Crippen LogP contribution in [0.25, 0.3) is 11.1 Å². The second-order valence-electron chi connectivity index (χ2n) is 7.81. The van der Waals surface area contributed by atoms with Crippen LogP contribution in [0.3, 0.4) is 0 Å².